The van der Waals surface area contributed by atoms with Crippen LogP contribution in [-0.2, 0) is 6.42 Å². The van der Waals surface area contributed by atoms with Crippen molar-refractivity contribution >= 4 is 0 Å². The molecule has 1 fully saturated rings. The summed E-state index contributed by atoms with van der Waals surface area (Å²) in [6, 6.07) is 6.09. The minimum Gasteiger partial charge on any atom is -0.325 e. The lowest BCUT2D eigenvalue weighted by atomic mass is 9.58. The third-order valence-corrected chi connectivity index (χ3v) is 3.88. The van der Waals surface area contributed by atoms with Crippen LogP contribution in [0.15, 0.2) is 24.4 Å². The molecule has 1 aromatic heterocycles. The van der Waals surface area contributed by atoms with Crippen LogP contribution in [0.25, 0.3) is 0 Å². The monoisotopic (exact) mass is 246 g/mol. The van der Waals surface area contributed by atoms with E-state index in [-0.39, 0.29) is 5.54 Å². The van der Waals surface area contributed by atoms with Crippen molar-refractivity contribution in [3.63, 3.8) is 0 Å². The van der Waals surface area contributed by atoms with Gasteiger partial charge in [-0.1, -0.05) is 33.8 Å². The lowest BCUT2D eigenvalue weighted by Crippen LogP contribution is -2.53. The molecule has 18 heavy (non-hydrogen) atoms. The van der Waals surface area contributed by atoms with Gasteiger partial charge in [0.15, 0.2) is 0 Å². The van der Waals surface area contributed by atoms with Crippen LogP contribution < -0.4 is 5.73 Å². The minimum absolute atomic E-state index is 0.112. The Morgan fingerprint density at radius 3 is 2.17 bits per heavy atom. The van der Waals surface area contributed by atoms with E-state index in [1.165, 1.54) is 6.42 Å². The molecule has 2 N–H and O–H groups in total. The van der Waals surface area contributed by atoms with E-state index < -0.39 is 0 Å². The molecule has 0 spiro atoms. The molecule has 0 atom stereocenters. The fourth-order valence-electron chi connectivity index (χ4n) is 4.38. The molecule has 0 aliphatic heterocycles. The minimum atomic E-state index is -0.112. The standard InChI is InChI=1S/C16H26N2/c1-14(2)10-15(3,4)12-16(17,11-14)9-13-7-5-6-8-18-13/h5-8H,9-12,17H2,1-4H3. The Hall–Kier alpha value is -0.890. The fraction of sp³-hybridized carbons (Fsp3) is 0.688. The van der Waals surface area contributed by atoms with Gasteiger partial charge >= 0.3 is 0 Å². The number of hydrogen-bond donors (Lipinski definition) is 1. The number of nitrogens with two attached hydrogens (primary N) is 1. The summed E-state index contributed by atoms with van der Waals surface area (Å²) in [6.07, 6.45) is 6.17. The van der Waals surface area contributed by atoms with Gasteiger partial charge in [0, 0.05) is 23.9 Å². The zero-order valence-electron chi connectivity index (χ0n) is 12.2. The lowest BCUT2D eigenvalue weighted by molar-refractivity contribution is 0.0483. The van der Waals surface area contributed by atoms with Gasteiger partial charge in [-0.3, -0.25) is 4.98 Å². The molecule has 1 saturated carbocycles. The molecule has 0 unspecified atom stereocenters. The highest BCUT2D eigenvalue weighted by Crippen LogP contribution is 2.49. The van der Waals surface area contributed by atoms with E-state index in [0.29, 0.717) is 10.8 Å². The predicted octanol–water partition coefficient (Wildman–Crippen LogP) is 3.56. The second-order valence-corrected chi connectivity index (χ2v) is 7.72. The van der Waals surface area contributed by atoms with Crippen molar-refractivity contribution in [2.75, 3.05) is 0 Å². The van der Waals surface area contributed by atoms with E-state index >= 15 is 0 Å². The molecule has 0 amide bonds. The van der Waals surface area contributed by atoms with Gasteiger partial charge in [0.25, 0.3) is 0 Å². The quantitative estimate of drug-likeness (QED) is 0.866. The van der Waals surface area contributed by atoms with Crippen molar-refractivity contribution in [1.82, 2.24) is 4.98 Å². The second-order valence-electron chi connectivity index (χ2n) is 7.72. The van der Waals surface area contributed by atoms with Crippen molar-refractivity contribution in [3.05, 3.63) is 30.1 Å². The topological polar surface area (TPSA) is 38.9 Å². The van der Waals surface area contributed by atoms with Crippen molar-refractivity contribution in [2.45, 2.75) is 58.9 Å². The van der Waals surface area contributed by atoms with E-state index in [2.05, 4.69) is 38.7 Å². The summed E-state index contributed by atoms with van der Waals surface area (Å²) >= 11 is 0. The van der Waals surface area contributed by atoms with E-state index in [0.717, 1.165) is 25.0 Å². The van der Waals surface area contributed by atoms with Crippen LogP contribution in [0.3, 0.4) is 0 Å². The average molecular weight is 246 g/mol. The highest BCUT2D eigenvalue weighted by molar-refractivity contribution is 5.11. The molecule has 0 saturated heterocycles. The second kappa shape index (κ2) is 4.34. The number of nitrogens with zero attached hydrogens (tertiary/aromatic N) is 1. The third-order valence-electron chi connectivity index (χ3n) is 3.88. The van der Waals surface area contributed by atoms with Crippen LogP contribution in [0.2, 0.25) is 0 Å². The maximum atomic E-state index is 6.70. The first-order valence-electron chi connectivity index (χ1n) is 6.89. The van der Waals surface area contributed by atoms with Crippen molar-refractivity contribution in [2.24, 2.45) is 16.6 Å². The van der Waals surface area contributed by atoms with Gasteiger partial charge in [0.05, 0.1) is 0 Å². The van der Waals surface area contributed by atoms with Crippen LogP contribution in [0, 0.1) is 10.8 Å². The summed E-state index contributed by atoms with van der Waals surface area (Å²) in [5, 5.41) is 0. The highest BCUT2D eigenvalue weighted by Gasteiger charge is 2.45. The molecule has 2 rings (SSSR count). The Morgan fingerprint density at radius 2 is 1.67 bits per heavy atom. The zero-order valence-corrected chi connectivity index (χ0v) is 12.2. The zero-order chi connectivity index (χ0) is 13.4. The molecule has 0 radical (unpaired) electrons. The van der Waals surface area contributed by atoms with Gasteiger partial charge in [0.2, 0.25) is 0 Å². The van der Waals surface area contributed by atoms with Crippen LogP contribution in [0.1, 0.15) is 52.7 Å². The number of hydrogen-bond acceptors (Lipinski definition) is 2. The molecular formula is C16H26N2. The highest BCUT2D eigenvalue weighted by atomic mass is 14.8. The maximum Gasteiger partial charge on any atom is 0.0421 e. The first-order valence-corrected chi connectivity index (χ1v) is 6.89. The summed E-state index contributed by atoms with van der Waals surface area (Å²) in [5.41, 5.74) is 8.36. The first-order chi connectivity index (χ1) is 8.20. The predicted molar refractivity (Wildman–Crippen MR) is 76.3 cm³/mol. The fourth-order valence-corrected chi connectivity index (χ4v) is 4.38. The largest absolute Gasteiger partial charge is 0.325 e. The third kappa shape index (κ3) is 3.32. The number of rotatable bonds is 2. The van der Waals surface area contributed by atoms with Crippen LogP contribution >= 0.6 is 0 Å². The Morgan fingerprint density at radius 1 is 1.06 bits per heavy atom. The summed E-state index contributed by atoms with van der Waals surface area (Å²) in [7, 11) is 0. The van der Waals surface area contributed by atoms with Gasteiger partial charge in [0.1, 0.15) is 0 Å². The molecule has 2 heteroatoms. The molecule has 1 heterocycles. The molecule has 0 aromatic carbocycles. The number of aromatic nitrogens is 1. The lowest BCUT2D eigenvalue weighted by Gasteiger charge is -2.50. The molecule has 1 aliphatic rings. The summed E-state index contributed by atoms with van der Waals surface area (Å²) in [6.45, 7) is 9.36. The summed E-state index contributed by atoms with van der Waals surface area (Å²) < 4.78 is 0. The van der Waals surface area contributed by atoms with Gasteiger partial charge in [-0.15, -0.1) is 0 Å². The first kappa shape index (κ1) is 13.5. The van der Waals surface area contributed by atoms with Crippen LogP contribution in [-0.4, -0.2) is 10.5 Å². The maximum absolute atomic E-state index is 6.70. The smallest absolute Gasteiger partial charge is 0.0421 e. The van der Waals surface area contributed by atoms with Crippen LogP contribution in [0.5, 0.6) is 0 Å². The SMILES string of the molecule is CC1(C)CC(C)(C)CC(N)(Cc2ccccn2)C1. The van der Waals surface area contributed by atoms with E-state index in [9.17, 15) is 0 Å². The van der Waals surface area contributed by atoms with E-state index in [4.69, 9.17) is 5.73 Å². The molecule has 0 bridgehead atoms. The number of pyridine rings is 1. The summed E-state index contributed by atoms with van der Waals surface area (Å²) in [4.78, 5) is 4.43. The van der Waals surface area contributed by atoms with Gasteiger partial charge in [-0.05, 0) is 42.2 Å². The molecular weight excluding hydrogens is 220 g/mol. The van der Waals surface area contributed by atoms with Crippen molar-refractivity contribution in [1.29, 1.82) is 0 Å². The summed E-state index contributed by atoms with van der Waals surface area (Å²) in [5.74, 6) is 0. The van der Waals surface area contributed by atoms with Gasteiger partial charge in [-0.2, -0.15) is 0 Å². The molecule has 2 nitrogen and oxygen atoms in total. The average Bonchev–Trinajstić information content (AvgIpc) is 2.11. The Labute approximate surface area is 111 Å². The molecule has 100 valence electrons. The van der Waals surface area contributed by atoms with Crippen molar-refractivity contribution < 1.29 is 0 Å². The van der Waals surface area contributed by atoms with Gasteiger partial charge in [-0.25, -0.2) is 0 Å². The Bertz CT molecular complexity index is 390. The van der Waals surface area contributed by atoms with Crippen LogP contribution in [0.4, 0.5) is 0 Å². The van der Waals surface area contributed by atoms with E-state index in [1.54, 1.807) is 0 Å². The molecule has 1 aromatic rings. The van der Waals surface area contributed by atoms with E-state index in [1.807, 2.05) is 18.3 Å². The normalized spacial score (nSPS) is 24.7. The van der Waals surface area contributed by atoms with Gasteiger partial charge < -0.3 is 5.73 Å². The Kier molecular flexibility index (Phi) is 3.26. The molecule has 1 aliphatic carbocycles. The van der Waals surface area contributed by atoms with Crippen molar-refractivity contribution in [3.8, 4) is 0 Å². The Balaban J connectivity index is 2.19.